The first-order chi connectivity index (χ1) is 9.15. The van der Waals surface area contributed by atoms with E-state index in [1.54, 1.807) is 0 Å². The summed E-state index contributed by atoms with van der Waals surface area (Å²) < 4.78 is 5.84. The second kappa shape index (κ2) is 8.55. The van der Waals surface area contributed by atoms with Gasteiger partial charge in [0.25, 0.3) is 0 Å². The lowest BCUT2D eigenvalue weighted by molar-refractivity contribution is 0.306. The van der Waals surface area contributed by atoms with Crippen LogP contribution in [-0.4, -0.2) is 13.2 Å². The summed E-state index contributed by atoms with van der Waals surface area (Å²) >= 11 is 0. The molecule has 0 saturated heterocycles. The quantitative estimate of drug-likeness (QED) is 0.728. The molecule has 1 aromatic carbocycles. The smallest absolute Gasteiger partial charge is 0.126 e. The van der Waals surface area contributed by atoms with Gasteiger partial charge in [0, 0.05) is 18.5 Å². The Morgan fingerprint density at radius 3 is 2.84 bits per heavy atom. The first-order valence-electron chi connectivity index (χ1n) is 6.94. The minimum atomic E-state index is 0.548. The highest BCUT2D eigenvalue weighted by Gasteiger charge is 2.07. The zero-order valence-electron chi connectivity index (χ0n) is 12.2. The second-order valence-electron chi connectivity index (χ2n) is 5.20. The van der Waals surface area contributed by atoms with E-state index in [0.29, 0.717) is 18.9 Å². The topological polar surface area (TPSA) is 45.0 Å². The van der Waals surface area contributed by atoms with Crippen LogP contribution in [-0.2, 0) is 6.54 Å². The molecule has 0 spiro atoms. The number of nitriles is 1. The molecular weight excluding hydrogens is 236 g/mol. The molecule has 0 saturated carbocycles. The van der Waals surface area contributed by atoms with Crippen molar-refractivity contribution >= 4 is 0 Å². The van der Waals surface area contributed by atoms with Crippen LogP contribution in [0.4, 0.5) is 0 Å². The van der Waals surface area contributed by atoms with Crippen LogP contribution in [0, 0.1) is 24.2 Å². The van der Waals surface area contributed by atoms with Crippen LogP contribution in [0.2, 0.25) is 0 Å². The van der Waals surface area contributed by atoms with Crippen LogP contribution in [0.15, 0.2) is 18.2 Å². The van der Waals surface area contributed by atoms with E-state index in [0.717, 1.165) is 30.8 Å². The molecule has 1 aromatic rings. The van der Waals surface area contributed by atoms with E-state index in [9.17, 15) is 0 Å². The van der Waals surface area contributed by atoms with E-state index in [4.69, 9.17) is 10.00 Å². The Kier molecular flexibility index (Phi) is 6.99. The standard InChI is InChI=1S/C16H24N2O/c1-13(2)11-18-12-15-8-6-7-14(3)16(15)19-10-5-4-9-17/h6-8,13,18H,4-5,10-12H2,1-3H3. The number of hydrogen-bond acceptors (Lipinski definition) is 3. The molecule has 104 valence electrons. The summed E-state index contributed by atoms with van der Waals surface area (Å²) in [7, 11) is 0. The molecule has 1 N–H and O–H groups in total. The molecule has 0 bridgehead atoms. The third-order valence-electron chi connectivity index (χ3n) is 2.84. The first-order valence-corrected chi connectivity index (χ1v) is 6.94. The maximum Gasteiger partial charge on any atom is 0.126 e. The molecule has 0 aliphatic rings. The Morgan fingerprint density at radius 1 is 1.37 bits per heavy atom. The highest BCUT2D eigenvalue weighted by atomic mass is 16.5. The van der Waals surface area contributed by atoms with Crippen molar-refractivity contribution in [1.29, 1.82) is 5.26 Å². The molecule has 0 unspecified atom stereocenters. The Morgan fingerprint density at radius 2 is 2.16 bits per heavy atom. The molecule has 0 fully saturated rings. The molecule has 0 aromatic heterocycles. The minimum Gasteiger partial charge on any atom is -0.493 e. The van der Waals surface area contributed by atoms with Crippen LogP contribution >= 0.6 is 0 Å². The van der Waals surface area contributed by atoms with Gasteiger partial charge in [0.15, 0.2) is 0 Å². The zero-order chi connectivity index (χ0) is 14.1. The van der Waals surface area contributed by atoms with Gasteiger partial charge in [-0.05, 0) is 31.4 Å². The van der Waals surface area contributed by atoms with Crippen molar-refractivity contribution in [3.63, 3.8) is 0 Å². The number of ether oxygens (including phenoxy) is 1. The van der Waals surface area contributed by atoms with Crippen molar-refractivity contribution in [3.05, 3.63) is 29.3 Å². The molecular formula is C16H24N2O. The van der Waals surface area contributed by atoms with Crippen LogP contribution < -0.4 is 10.1 Å². The van der Waals surface area contributed by atoms with Gasteiger partial charge < -0.3 is 10.1 Å². The van der Waals surface area contributed by atoms with Gasteiger partial charge in [0.1, 0.15) is 5.75 Å². The molecule has 0 atom stereocenters. The number of nitrogens with one attached hydrogen (secondary N) is 1. The van der Waals surface area contributed by atoms with Crippen molar-refractivity contribution in [2.24, 2.45) is 5.92 Å². The molecule has 0 aliphatic carbocycles. The predicted octanol–water partition coefficient (Wildman–Crippen LogP) is 3.42. The lowest BCUT2D eigenvalue weighted by Gasteiger charge is -2.15. The van der Waals surface area contributed by atoms with Crippen LogP contribution in [0.3, 0.4) is 0 Å². The maximum atomic E-state index is 8.53. The number of hydrogen-bond donors (Lipinski definition) is 1. The van der Waals surface area contributed by atoms with Gasteiger partial charge >= 0.3 is 0 Å². The van der Waals surface area contributed by atoms with Gasteiger partial charge in [-0.25, -0.2) is 0 Å². The normalized spacial score (nSPS) is 10.5. The van der Waals surface area contributed by atoms with Crippen molar-refractivity contribution in [1.82, 2.24) is 5.32 Å². The number of para-hydroxylation sites is 1. The van der Waals surface area contributed by atoms with Crippen LogP contribution in [0.5, 0.6) is 5.75 Å². The molecule has 3 nitrogen and oxygen atoms in total. The maximum absolute atomic E-state index is 8.53. The number of aryl methyl sites for hydroxylation is 1. The fourth-order valence-electron chi connectivity index (χ4n) is 1.88. The SMILES string of the molecule is Cc1cccc(CNCC(C)C)c1OCCCC#N. The van der Waals surface area contributed by atoms with Gasteiger partial charge in [-0.15, -0.1) is 0 Å². The fourth-order valence-corrected chi connectivity index (χ4v) is 1.88. The Balaban J connectivity index is 2.59. The summed E-state index contributed by atoms with van der Waals surface area (Å²) in [5.41, 5.74) is 2.35. The van der Waals surface area contributed by atoms with E-state index in [1.165, 1.54) is 5.56 Å². The zero-order valence-corrected chi connectivity index (χ0v) is 12.2. The number of rotatable bonds is 8. The Bertz CT molecular complexity index is 421. The number of benzene rings is 1. The summed E-state index contributed by atoms with van der Waals surface area (Å²) in [5, 5.41) is 12.0. The number of nitrogens with zero attached hydrogens (tertiary/aromatic N) is 1. The van der Waals surface area contributed by atoms with Crippen LogP contribution in [0.25, 0.3) is 0 Å². The van der Waals surface area contributed by atoms with Gasteiger partial charge in [-0.3, -0.25) is 0 Å². The second-order valence-corrected chi connectivity index (χ2v) is 5.20. The summed E-state index contributed by atoms with van der Waals surface area (Å²) in [5.74, 6) is 1.61. The van der Waals surface area contributed by atoms with Gasteiger partial charge in [0.05, 0.1) is 12.7 Å². The summed E-state index contributed by atoms with van der Waals surface area (Å²) in [4.78, 5) is 0. The highest BCUT2D eigenvalue weighted by molar-refractivity contribution is 5.40. The van der Waals surface area contributed by atoms with Crippen molar-refractivity contribution in [2.45, 2.75) is 40.2 Å². The highest BCUT2D eigenvalue weighted by Crippen LogP contribution is 2.23. The van der Waals surface area contributed by atoms with E-state index in [1.807, 2.05) is 0 Å². The third kappa shape index (κ3) is 5.76. The van der Waals surface area contributed by atoms with Gasteiger partial charge in [-0.2, -0.15) is 5.26 Å². The predicted molar refractivity (Wildman–Crippen MR) is 78.1 cm³/mol. The molecule has 0 radical (unpaired) electrons. The number of unbranched alkanes of at least 4 members (excludes halogenated alkanes) is 1. The summed E-state index contributed by atoms with van der Waals surface area (Å²) in [6.07, 6.45) is 1.33. The molecule has 1 rings (SSSR count). The summed E-state index contributed by atoms with van der Waals surface area (Å²) in [6, 6.07) is 8.36. The average Bonchev–Trinajstić information content (AvgIpc) is 2.36. The average molecular weight is 260 g/mol. The van der Waals surface area contributed by atoms with Crippen molar-refractivity contribution in [3.8, 4) is 11.8 Å². The summed E-state index contributed by atoms with van der Waals surface area (Å²) in [6.45, 7) is 8.89. The van der Waals surface area contributed by atoms with E-state index >= 15 is 0 Å². The molecule has 19 heavy (non-hydrogen) atoms. The van der Waals surface area contributed by atoms with Gasteiger partial charge in [-0.1, -0.05) is 32.0 Å². The van der Waals surface area contributed by atoms with E-state index in [2.05, 4.69) is 50.4 Å². The lowest BCUT2D eigenvalue weighted by atomic mass is 10.1. The molecule has 0 amide bonds. The molecule has 0 heterocycles. The van der Waals surface area contributed by atoms with E-state index < -0.39 is 0 Å². The monoisotopic (exact) mass is 260 g/mol. The largest absolute Gasteiger partial charge is 0.493 e. The first kappa shape index (κ1) is 15.5. The Labute approximate surface area is 116 Å². The third-order valence-corrected chi connectivity index (χ3v) is 2.84. The fraction of sp³-hybridized carbons (Fsp3) is 0.562. The van der Waals surface area contributed by atoms with Crippen molar-refractivity contribution in [2.75, 3.05) is 13.2 Å². The minimum absolute atomic E-state index is 0.548. The molecule has 0 aliphatic heterocycles. The Hall–Kier alpha value is -1.53. The van der Waals surface area contributed by atoms with Crippen molar-refractivity contribution < 1.29 is 4.74 Å². The molecule has 3 heteroatoms. The van der Waals surface area contributed by atoms with Crippen LogP contribution in [0.1, 0.15) is 37.8 Å². The lowest BCUT2D eigenvalue weighted by Crippen LogP contribution is -2.19. The van der Waals surface area contributed by atoms with Gasteiger partial charge in [0.2, 0.25) is 0 Å². The van der Waals surface area contributed by atoms with E-state index in [-0.39, 0.29) is 0 Å².